The molecule has 3 rings (SSSR count). The van der Waals surface area contributed by atoms with Crippen molar-refractivity contribution in [3.8, 4) is 0 Å². The minimum atomic E-state index is 0. The van der Waals surface area contributed by atoms with Crippen LogP contribution in [0, 0.1) is 6.92 Å². The van der Waals surface area contributed by atoms with Gasteiger partial charge in [0.1, 0.15) is 0 Å². The molecule has 6 nitrogen and oxygen atoms in total. The third kappa shape index (κ3) is 6.73. The summed E-state index contributed by atoms with van der Waals surface area (Å²) < 4.78 is 5.55. The van der Waals surface area contributed by atoms with Crippen LogP contribution in [0.3, 0.4) is 0 Å². The lowest BCUT2D eigenvalue weighted by atomic mass is 9.96. The monoisotopic (exact) mass is 525 g/mol. The van der Waals surface area contributed by atoms with E-state index in [0.29, 0.717) is 0 Å². The summed E-state index contributed by atoms with van der Waals surface area (Å²) in [6, 6.07) is 0. The quantitative estimate of drug-likeness (QED) is 0.324. The second-order valence-corrected chi connectivity index (χ2v) is 9.02. The molecule has 0 aromatic carbocycles. The number of halogens is 1. The van der Waals surface area contributed by atoms with E-state index in [1.807, 2.05) is 0 Å². The van der Waals surface area contributed by atoms with E-state index in [1.165, 1.54) is 17.9 Å². The van der Waals surface area contributed by atoms with Gasteiger partial charge in [0.2, 0.25) is 0 Å². The highest BCUT2D eigenvalue weighted by molar-refractivity contribution is 14.0. The lowest BCUT2D eigenvalue weighted by Crippen LogP contribution is -2.56. The Hall–Kier alpha value is -0.100. The predicted molar refractivity (Wildman–Crippen MR) is 127 cm³/mol. The van der Waals surface area contributed by atoms with E-state index in [4.69, 9.17) is 9.73 Å². The van der Waals surface area contributed by atoms with Gasteiger partial charge in [0, 0.05) is 43.7 Å². The number of thioether (sulfide) groups is 1. The summed E-state index contributed by atoms with van der Waals surface area (Å²) in [7, 11) is 0. The number of nitrogens with one attached hydrogen (secondary N) is 2. The molecule has 9 heteroatoms. The van der Waals surface area contributed by atoms with Gasteiger partial charge in [0.05, 0.1) is 36.0 Å². The van der Waals surface area contributed by atoms with E-state index >= 15 is 0 Å². The highest BCUT2D eigenvalue weighted by atomic mass is 127. The zero-order chi connectivity index (χ0) is 18.2. The molecule has 2 aliphatic heterocycles. The number of nitrogens with zero attached hydrogens (tertiary/aromatic N) is 3. The lowest BCUT2D eigenvalue weighted by molar-refractivity contribution is -0.0104. The standard InChI is InChI=1S/C18H31N5OS2.HI/c1-3-19-17(20-6-4-16-12-26-15(2)22-16)21-13-18(5-11-25-14-18)23-7-9-24-10-8-23;/h12H,3-11,13-14H2,1-2H3,(H2,19,20,21);1H. The van der Waals surface area contributed by atoms with Crippen LogP contribution in [-0.2, 0) is 11.2 Å². The number of aryl methyl sites for hydroxylation is 1. The number of ether oxygens (including phenoxy) is 1. The molecule has 154 valence electrons. The van der Waals surface area contributed by atoms with E-state index in [9.17, 15) is 0 Å². The molecule has 1 aromatic rings. The van der Waals surface area contributed by atoms with Crippen LogP contribution in [0.15, 0.2) is 10.4 Å². The smallest absolute Gasteiger partial charge is 0.191 e. The lowest BCUT2D eigenvalue weighted by Gasteiger charge is -2.42. The maximum Gasteiger partial charge on any atom is 0.191 e. The van der Waals surface area contributed by atoms with E-state index in [1.54, 1.807) is 11.3 Å². The fourth-order valence-electron chi connectivity index (χ4n) is 3.51. The number of aromatic nitrogens is 1. The van der Waals surface area contributed by atoms with Crippen LogP contribution < -0.4 is 10.6 Å². The second kappa shape index (κ2) is 11.8. The van der Waals surface area contributed by atoms with Crippen molar-refractivity contribution < 1.29 is 4.74 Å². The molecule has 0 amide bonds. The summed E-state index contributed by atoms with van der Waals surface area (Å²) in [6.07, 6.45) is 2.15. The topological polar surface area (TPSA) is 61.8 Å². The van der Waals surface area contributed by atoms with E-state index < -0.39 is 0 Å². The first-order valence-corrected chi connectivity index (χ1v) is 11.6. The fourth-order valence-corrected chi connectivity index (χ4v) is 5.62. The fraction of sp³-hybridized carbons (Fsp3) is 0.778. The molecular formula is C18H32IN5OS2. The summed E-state index contributed by atoms with van der Waals surface area (Å²) in [4.78, 5) is 12.1. The average Bonchev–Trinajstić information content (AvgIpc) is 3.30. The molecule has 1 atom stereocenters. The van der Waals surface area contributed by atoms with Crippen molar-refractivity contribution >= 4 is 53.0 Å². The summed E-state index contributed by atoms with van der Waals surface area (Å²) in [5, 5.41) is 10.1. The van der Waals surface area contributed by atoms with Gasteiger partial charge in [0.25, 0.3) is 0 Å². The summed E-state index contributed by atoms with van der Waals surface area (Å²) in [5.41, 5.74) is 1.36. The highest BCUT2D eigenvalue weighted by Gasteiger charge is 2.40. The van der Waals surface area contributed by atoms with Gasteiger partial charge in [0.15, 0.2) is 5.96 Å². The Labute approximate surface area is 188 Å². The molecule has 0 bridgehead atoms. The van der Waals surface area contributed by atoms with Crippen LogP contribution in [0.1, 0.15) is 24.0 Å². The van der Waals surface area contributed by atoms with Gasteiger partial charge >= 0.3 is 0 Å². The molecule has 2 N–H and O–H groups in total. The minimum absolute atomic E-state index is 0. The Morgan fingerprint density at radius 3 is 2.81 bits per heavy atom. The molecule has 0 saturated carbocycles. The van der Waals surface area contributed by atoms with Crippen LogP contribution >= 0.6 is 47.1 Å². The first kappa shape index (κ1) is 23.2. The number of hydrogen-bond donors (Lipinski definition) is 2. The van der Waals surface area contributed by atoms with E-state index in [0.717, 1.165) is 69.0 Å². The average molecular weight is 526 g/mol. The molecule has 2 aliphatic rings. The molecule has 0 aliphatic carbocycles. The third-order valence-electron chi connectivity index (χ3n) is 4.98. The van der Waals surface area contributed by atoms with Crippen molar-refractivity contribution in [1.29, 1.82) is 0 Å². The Balaban J connectivity index is 0.00000261. The number of rotatable bonds is 7. The maximum absolute atomic E-state index is 5.55. The highest BCUT2D eigenvalue weighted by Crippen LogP contribution is 2.34. The van der Waals surface area contributed by atoms with Gasteiger partial charge in [-0.1, -0.05) is 0 Å². The van der Waals surface area contributed by atoms with Crippen LogP contribution in [0.4, 0.5) is 0 Å². The van der Waals surface area contributed by atoms with Crippen LogP contribution in [0.2, 0.25) is 0 Å². The van der Waals surface area contributed by atoms with Gasteiger partial charge in [-0.25, -0.2) is 4.98 Å². The molecule has 1 unspecified atom stereocenters. The van der Waals surface area contributed by atoms with E-state index in [-0.39, 0.29) is 29.5 Å². The van der Waals surface area contributed by atoms with Crippen molar-refractivity contribution in [2.75, 3.05) is 57.4 Å². The Kier molecular flexibility index (Phi) is 10.1. The second-order valence-electron chi connectivity index (χ2n) is 6.86. The third-order valence-corrected chi connectivity index (χ3v) is 7.04. The molecule has 0 spiro atoms. The van der Waals surface area contributed by atoms with Crippen molar-refractivity contribution in [2.24, 2.45) is 4.99 Å². The molecular weight excluding hydrogens is 493 g/mol. The number of thiazole rings is 1. The summed E-state index contributed by atoms with van der Waals surface area (Å²) in [5.74, 6) is 3.33. The Morgan fingerprint density at radius 2 is 2.19 bits per heavy atom. The largest absolute Gasteiger partial charge is 0.379 e. The molecule has 0 radical (unpaired) electrons. The van der Waals surface area contributed by atoms with Gasteiger partial charge in [-0.15, -0.1) is 35.3 Å². The Morgan fingerprint density at radius 1 is 1.37 bits per heavy atom. The Bertz CT molecular complexity index is 586. The predicted octanol–water partition coefficient (Wildman–Crippen LogP) is 2.38. The van der Waals surface area contributed by atoms with Gasteiger partial charge in [-0.3, -0.25) is 9.89 Å². The molecule has 3 heterocycles. The van der Waals surface area contributed by atoms with Crippen molar-refractivity contribution in [2.45, 2.75) is 32.2 Å². The summed E-state index contributed by atoms with van der Waals surface area (Å²) in [6.45, 7) is 10.5. The van der Waals surface area contributed by atoms with E-state index in [2.05, 4.69) is 51.5 Å². The molecule has 2 saturated heterocycles. The van der Waals surface area contributed by atoms with Crippen molar-refractivity contribution in [3.05, 3.63) is 16.1 Å². The molecule has 2 fully saturated rings. The van der Waals surface area contributed by atoms with Gasteiger partial charge in [-0.2, -0.15) is 11.8 Å². The summed E-state index contributed by atoms with van der Waals surface area (Å²) >= 11 is 3.77. The number of guanidine groups is 1. The first-order chi connectivity index (χ1) is 12.7. The SMILES string of the molecule is CCNC(=NCC1(N2CCOCC2)CCSC1)NCCc1csc(C)n1.I. The minimum Gasteiger partial charge on any atom is -0.379 e. The first-order valence-electron chi connectivity index (χ1n) is 9.55. The van der Waals surface area contributed by atoms with Crippen molar-refractivity contribution in [3.63, 3.8) is 0 Å². The normalized spacial score (nSPS) is 23.9. The van der Waals surface area contributed by atoms with Crippen molar-refractivity contribution in [1.82, 2.24) is 20.5 Å². The van der Waals surface area contributed by atoms with Gasteiger partial charge in [-0.05, 0) is 26.0 Å². The molecule has 27 heavy (non-hydrogen) atoms. The zero-order valence-corrected chi connectivity index (χ0v) is 20.3. The number of aliphatic imine (C=N–C) groups is 1. The zero-order valence-electron chi connectivity index (χ0n) is 16.3. The number of morpholine rings is 1. The number of hydrogen-bond acceptors (Lipinski definition) is 6. The maximum atomic E-state index is 5.55. The van der Waals surface area contributed by atoms with Crippen LogP contribution in [0.5, 0.6) is 0 Å². The molecule has 1 aromatic heterocycles. The van der Waals surface area contributed by atoms with Crippen LogP contribution in [0.25, 0.3) is 0 Å². The van der Waals surface area contributed by atoms with Crippen LogP contribution in [-0.4, -0.2) is 78.8 Å². The van der Waals surface area contributed by atoms with Gasteiger partial charge < -0.3 is 15.4 Å².